The van der Waals surface area contributed by atoms with Gasteiger partial charge in [0.05, 0.1) is 46.5 Å². The highest BCUT2D eigenvalue weighted by molar-refractivity contribution is 7.44. The number of methoxy groups -OCH3 is 2. The van der Waals surface area contributed by atoms with Crippen molar-refractivity contribution in [3.05, 3.63) is 188 Å². The third-order valence-electron chi connectivity index (χ3n) is 13.8. The number of aromatic amines is 1. The van der Waals surface area contributed by atoms with Gasteiger partial charge >= 0.3 is 5.69 Å². The number of hydrogen-bond donors (Lipinski definition) is 1. The van der Waals surface area contributed by atoms with Crippen LogP contribution in [-0.2, 0) is 41.9 Å². The maximum atomic E-state index is 14.0. The predicted molar refractivity (Wildman–Crippen MR) is 295 cm³/mol. The van der Waals surface area contributed by atoms with E-state index in [1.54, 1.807) is 14.2 Å². The van der Waals surface area contributed by atoms with Gasteiger partial charge in [-0.1, -0.05) is 124 Å². The number of nitrogens with zero attached hydrogens (tertiary/aromatic N) is 3. The largest absolute Gasteiger partial charge is 0.497 e. The van der Waals surface area contributed by atoms with E-state index in [0.29, 0.717) is 11.5 Å². The van der Waals surface area contributed by atoms with Crippen molar-refractivity contribution in [2.45, 2.75) is 110 Å². The number of benzene rings is 7. The zero-order valence-corrected chi connectivity index (χ0v) is 45.1. The van der Waals surface area contributed by atoms with Crippen molar-refractivity contribution in [2.24, 2.45) is 5.41 Å². The molecule has 0 saturated carbocycles. The summed E-state index contributed by atoms with van der Waals surface area (Å²) in [5.74, 6) is 1.36. The molecule has 14 heteroatoms. The molecule has 5 atom stereocenters. The summed E-state index contributed by atoms with van der Waals surface area (Å²) in [4.78, 5) is 29.1. The van der Waals surface area contributed by atoms with E-state index in [0.717, 1.165) is 44.8 Å². The van der Waals surface area contributed by atoms with Crippen LogP contribution in [-0.4, -0.2) is 72.1 Å². The minimum Gasteiger partial charge on any atom is -0.497 e. The maximum Gasteiger partial charge on any atom is 0.330 e. The molecule has 1 saturated heterocycles. The van der Waals surface area contributed by atoms with Crippen molar-refractivity contribution < 1.29 is 32.7 Å². The van der Waals surface area contributed by atoms with Gasteiger partial charge in [0.2, 0.25) is 0 Å². The minimum absolute atomic E-state index is 0.0372. The second-order valence-electron chi connectivity index (χ2n) is 20.9. The van der Waals surface area contributed by atoms with Crippen LogP contribution in [0, 0.1) is 16.7 Å². The van der Waals surface area contributed by atoms with Crippen LogP contribution in [0.4, 0.5) is 0 Å². The zero-order chi connectivity index (χ0) is 53.0. The molecule has 1 aliphatic heterocycles. The van der Waals surface area contributed by atoms with Crippen molar-refractivity contribution >= 4 is 40.8 Å². The van der Waals surface area contributed by atoms with E-state index < -0.39 is 49.9 Å². The number of nitriles is 1. The predicted octanol–water partition coefficient (Wildman–Crippen LogP) is 12.2. The molecule has 1 N–H and O–H groups in total. The standard InChI is InChI=1S/C61H67N4O9P/c1-39(2)65(40(3)4)75(72-33-13-31-62)74-56-52(38-71-61(46-14-11-10-12-15-46,47-21-25-49(68-8)26-22-47)48-23-27-50(69-9)28-24-48)73-58(64-32-30-53(66)63-59(64)67)57(56)70-37-45-19-17-42-16-18-43-34-41(36-60(5,6)7)35-44-20-29-51(45)55(42)54(43)44/h10-12,14-30,32,34-35,39-40,52,56-58H,13,33,36-38H2,1-9H3,(H,63,66,67)/t52-,56-,57-,58-,75?/m1/s1. The van der Waals surface area contributed by atoms with Crippen LogP contribution >= 0.6 is 8.53 Å². The molecule has 8 aromatic rings. The summed E-state index contributed by atoms with van der Waals surface area (Å²) < 4.78 is 50.5. The topological polar surface area (TPSA) is 147 Å². The van der Waals surface area contributed by atoms with Crippen LogP contribution in [0.15, 0.2) is 149 Å². The molecule has 0 spiro atoms. The van der Waals surface area contributed by atoms with Crippen molar-refractivity contribution in [1.29, 1.82) is 5.26 Å². The molecular formula is C61H67N4O9P. The van der Waals surface area contributed by atoms with Crippen molar-refractivity contribution in [3.63, 3.8) is 0 Å². The summed E-state index contributed by atoms with van der Waals surface area (Å²) in [6.07, 6.45) is -1.46. The molecule has 2 heterocycles. The average Bonchev–Trinajstić information content (AvgIpc) is 3.74. The van der Waals surface area contributed by atoms with E-state index in [9.17, 15) is 14.9 Å². The molecule has 1 fully saturated rings. The Morgan fingerprint density at radius 3 is 1.93 bits per heavy atom. The van der Waals surface area contributed by atoms with Gasteiger partial charge < -0.3 is 32.7 Å². The molecule has 7 aromatic carbocycles. The Balaban J connectivity index is 1.18. The van der Waals surface area contributed by atoms with Crippen LogP contribution in [0.5, 0.6) is 11.5 Å². The summed E-state index contributed by atoms with van der Waals surface area (Å²) in [7, 11) is 1.36. The highest BCUT2D eigenvalue weighted by atomic mass is 31.2. The Morgan fingerprint density at radius 2 is 1.35 bits per heavy atom. The lowest BCUT2D eigenvalue weighted by Gasteiger charge is -2.39. The maximum absolute atomic E-state index is 14.0. The van der Waals surface area contributed by atoms with E-state index in [1.165, 1.54) is 38.6 Å². The third kappa shape index (κ3) is 11.3. The number of rotatable bonds is 21. The Hall–Kier alpha value is -6.46. The molecule has 1 aromatic heterocycles. The van der Waals surface area contributed by atoms with Gasteiger partial charge in [0.1, 0.15) is 35.4 Å². The van der Waals surface area contributed by atoms with E-state index in [2.05, 4.69) is 113 Å². The quantitative estimate of drug-likeness (QED) is 0.0317. The summed E-state index contributed by atoms with van der Waals surface area (Å²) >= 11 is 0. The normalized spacial score (nSPS) is 17.7. The molecule has 0 aliphatic carbocycles. The van der Waals surface area contributed by atoms with Crippen LogP contribution in [0.3, 0.4) is 0 Å². The number of nitrogens with one attached hydrogen (secondary N) is 1. The van der Waals surface area contributed by atoms with Crippen LogP contribution in [0.1, 0.15) is 88.9 Å². The van der Waals surface area contributed by atoms with Gasteiger partial charge in [0.25, 0.3) is 14.1 Å². The molecule has 9 rings (SSSR count). The Morgan fingerprint density at radius 1 is 0.747 bits per heavy atom. The molecule has 0 amide bonds. The second kappa shape index (κ2) is 22.8. The number of H-pyrrole nitrogens is 1. The van der Waals surface area contributed by atoms with Gasteiger partial charge in [-0.2, -0.15) is 5.26 Å². The van der Waals surface area contributed by atoms with Crippen LogP contribution in [0.25, 0.3) is 32.3 Å². The van der Waals surface area contributed by atoms with Crippen molar-refractivity contribution in [3.8, 4) is 17.6 Å². The summed E-state index contributed by atoms with van der Waals surface area (Å²) in [6.45, 7) is 15.2. The average molecular weight is 1030 g/mol. The summed E-state index contributed by atoms with van der Waals surface area (Å²) in [5, 5.41) is 16.6. The van der Waals surface area contributed by atoms with E-state index >= 15 is 0 Å². The second-order valence-corrected chi connectivity index (χ2v) is 22.4. The Bertz CT molecular complexity index is 3290. The first-order chi connectivity index (χ1) is 36.1. The molecule has 1 aliphatic rings. The van der Waals surface area contributed by atoms with Gasteiger partial charge in [0.15, 0.2) is 6.23 Å². The van der Waals surface area contributed by atoms with Gasteiger partial charge in [-0.25, -0.2) is 9.46 Å². The fourth-order valence-corrected chi connectivity index (χ4v) is 12.4. The molecule has 75 heavy (non-hydrogen) atoms. The minimum atomic E-state index is -1.90. The highest BCUT2D eigenvalue weighted by Gasteiger charge is 2.52. The Labute approximate surface area is 440 Å². The molecular weight excluding hydrogens is 964 g/mol. The lowest BCUT2D eigenvalue weighted by molar-refractivity contribution is -0.0987. The van der Waals surface area contributed by atoms with E-state index in [-0.39, 0.29) is 43.7 Å². The Kier molecular flexibility index (Phi) is 16.2. The monoisotopic (exact) mass is 1030 g/mol. The van der Waals surface area contributed by atoms with Gasteiger partial charge in [-0.3, -0.25) is 14.3 Å². The highest BCUT2D eigenvalue weighted by Crippen LogP contribution is 2.52. The number of aromatic nitrogens is 2. The summed E-state index contributed by atoms with van der Waals surface area (Å²) in [5.41, 5.74) is 2.34. The van der Waals surface area contributed by atoms with Crippen molar-refractivity contribution in [2.75, 3.05) is 27.4 Å². The first-order valence-corrected chi connectivity index (χ1v) is 26.8. The summed E-state index contributed by atoms with van der Waals surface area (Å²) in [6, 6.07) is 46.6. The number of hydrogen-bond acceptors (Lipinski definition) is 11. The lowest BCUT2D eigenvalue weighted by Crippen LogP contribution is -2.43. The number of ether oxygens (including phenoxy) is 5. The molecule has 0 radical (unpaired) electrons. The first kappa shape index (κ1) is 53.4. The molecule has 1 unspecified atom stereocenters. The van der Waals surface area contributed by atoms with Gasteiger partial charge in [-0.05, 0) is 124 Å². The lowest BCUT2D eigenvalue weighted by atomic mass is 9.80. The van der Waals surface area contributed by atoms with Crippen LogP contribution in [0.2, 0.25) is 0 Å². The first-order valence-electron chi connectivity index (χ1n) is 25.6. The van der Waals surface area contributed by atoms with Gasteiger partial charge in [-0.15, -0.1) is 0 Å². The molecule has 0 bridgehead atoms. The fraction of sp³-hybridized carbons (Fsp3) is 0.361. The van der Waals surface area contributed by atoms with Gasteiger partial charge in [0, 0.05) is 24.3 Å². The van der Waals surface area contributed by atoms with E-state index in [1.807, 2.05) is 78.9 Å². The van der Waals surface area contributed by atoms with Crippen molar-refractivity contribution in [1.82, 2.24) is 14.2 Å². The molecule has 13 nitrogen and oxygen atoms in total. The smallest absolute Gasteiger partial charge is 0.330 e. The molecule has 390 valence electrons. The van der Waals surface area contributed by atoms with Crippen LogP contribution < -0.4 is 20.7 Å². The van der Waals surface area contributed by atoms with E-state index in [4.69, 9.17) is 32.7 Å². The fourth-order valence-electron chi connectivity index (χ4n) is 10.6. The SMILES string of the molecule is COc1ccc(C(OC[C@H]2O[C@@H](n3ccc(=O)[nH]c3=O)[C@H](OCc3ccc4ccc5cc(CC(C)(C)C)cc6ccc3c4c56)[C@@H]2OP(OCCC#N)N(C(C)C)C(C)C)(c2ccccc2)c2ccc(OC)cc2)cc1. The third-order valence-corrected chi connectivity index (χ3v) is 16.0. The zero-order valence-electron chi connectivity index (χ0n) is 44.2.